The number of benzene rings is 3. The molecular formula is C24H24N2O2. The molecule has 0 fully saturated rings. The standard InChI is InChI=1S/C20H18.2C2H3NO/c1-3-7-17(8-4-1)15-19-11-13-20(14-12-19)16-18-9-5-2-6-10-18;2*1-4-2-3/h1-14H,15-16H2;2*1H3. The van der Waals surface area contributed by atoms with E-state index in [0.717, 1.165) is 12.8 Å². The van der Waals surface area contributed by atoms with Crippen LogP contribution in [0.5, 0.6) is 0 Å². The molecule has 0 radical (unpaired) electrons. The highest BCUT2D eigenvalue weighted by atomic mass is 16.5. The Hall–Kier alpha value is -3.76. The molecule has 4 heteroatoms. The minimum Gasteiger partial charge on any atom is -0.431 e. The quantitative estimate of drug-likeness (QED) is 0.598. The number of rotatable bonds is 4. The van der Waals surface area contributed by atoms with Gasteiger partial charge in [-0.2, -0.15) is 10.5 Å². The second-order valence-corrected chi connectivity index (χ2v) is 5.73. The number of nitrogens with zero attached hydrogens (tertiary/aromatic N) is 2. The molecule has 0 aliphatic heterocycles. The van der Waals surface area contributed by atoms with Crippen molar-refractivity contribution < 1.29 is 9.47 Å². The third kappa shape index (κ3) is 9.65. The lowest BCUT2D eigenvalue weighted by Crippen LogP contribution is -1.91. The van der Waals surface area contributed by atoms with Gasteiger partial charge in [-0.1, -0.05) is 84.9 Å². The van der Waals surface area contributed by atoms with Gasteiger partial charge in [0.05, 0.1) is 14.2 Å². The van der Waals surface area contributed by atoms with Crippen LogP contribution in [0.15, 0.2) is 84.9 Å². The Balaban J connectivity index is 0.000000420. The van der Waals surface area contributed by atoms with Gasteiger partial charge < -0.3 is 9.47 Å². The molecule has 28 heavy (non-hydrogen) atoms. The Morgan fingerprint density at radius 3 is 1.04 bits per heavy atom. The summed E-state index contributed by atoms with van der Waals surface area (Å²) in [4.78, 5) is 0. The lowest BCUT2D eigenvalue weighted by molar-refractivity contribution is 0.362. The third-order valence-electron chi connectivity index (χ3n) is 3.71. The molecule has 0 N–H and O–H groups in total. The van der Waals surface area contributed by atoms with E-state index >= 15 is 0 Å². The van der Waals surface area contributed by atoms with E-state index in [1.54, 1.807) is 0 Å². The summed E-state index contributed by atoms with van der Waals surface area (Å²) in [7, 11) is 2.64. The van der Waals surface area contributed by atoms with E-state index in [0.29, 0.717) is 0 Å². The van der Waals surface area contributed by atoms with Crippen LogP contribution >= 0.6 is 0 Å². The zero-order chi connectivity index (χ0) is 20.5. The van der Waals surface area contributed by atoms with Crippen molar-refractivity contribution in [2.45, 2.75) is 12.8 Å². The van der Waals surface area contributed by atoms with Crippen LogP contribution in [0.2, 0.25) is 0 Å². The lowest BCUT2D eigenvalue weighted by Gasteiger charge is -2.05. The Kier molecular flexibility index (Phi) is 11.5. The van der Waals surface area contributed by atoms with Crippen LogP contribution < -0.4 is 0 Å². The molecule has 0 unspecified atom stereocenters. The molecular weight excluding hydrogens is 348 g/mol. The molecule has 3 aromatic rings. The fraction of sp³-hybridized carbons (Fsp3) is 0.167. The monoisotopic (exact) mass is 372 g/mol. The van der Waals surface area contributed by atoms with E-state index < -0.39 is 0 Å². The van der Waals surface area contributed by atoms with Crippen LogP contribution in [-0.4, -0.2) is 14.2 Å². The summed E-state index contributed by atoms with van der Waals surface area (Å²) >= 11 is 0. The summed E-state index contributed by atoms with van der Waals surface area (Å²) in [5, 5.41) is 14.8. The molecule has 0 heterocycles. The number of hydrogen-bond donors (Lipinski definition) is 0. The Morgan fingerprint density at radius 1 is 0.536 bits per heavy atom. The van der Waals surface area contributed by atoms with Crippen molar-refractivity contribution in [3.05, 3.63) is 107 Å². The van der Waals surface area contributed by atoms with E-state index in [1.165, 1.54) is 49.0 Å². The lowest BCUT2D eigenvalue weighted by atomic mass is 10.0. The SMILES string of the molecule is COC#N.COC#N.c1ccc(Cc2ccc(Cc3ccccc3)cc2)cc1. The first-order valence-corrected chi connectivity index (χ1v) is 8.73. The van der Waals surface area contributed by atoms with E-state index in [-0.39, 0.29) is 0 Å². The number of methoxy groups -OCH3 is 2. The molecule has 0 saturated carbocycles. The first-order chi connectivity index (χ1) is 13.7. The van der Waals surface area contributed by atoms with Gasteiger partial charge in [0.2, 0.25) is 0 Å². The van der Waals surface area contributed by atoms with Crippen LogP contribution in [0.1, 0.15) is 22.3 Å². The van der Waals surface area contributed by atoms with Gasteiger partial charge in [0, 0.05) is 0 Å². The average molecular weight is 372 g/mol. The number of nitriles is 2. The first kappa shape index (κ1) is 22.3. The summed E-state index contributed by atoms with van der Waals surface area (Å²) in [6.45, 7) is 0. The van der Waals surface area contributed by atoms with Gasteiger partial charge in [0.15, 0.2) is 0 Å². The van der Waals surface area contributed by atoms with Crippen LogP contribution in [0.25, 0.3) is 0 Å². The highest BCUT2D eigenvalue weighted by molar-refractivity contribution is 5.31. The molecule has 0 saturated heterocycles. The molecule has 0 spiro atoms. The fourth-order valence-corrected chi connectivity index (χ4v) is 2.44. The van der Waals surface area contributed by atoms with Gasteiger partial charge >= 0.3 is 0 Å². The summed E-state index contributed by atoms with van der Waals surface area (Å²) in [6, 6.07) is 30.2. The minimum atomic E-state index is 1.01. The van der Waals surface area contributed by atoms with Gasteiger partial charge in [0.1, 0.15) is 0 Å². The molecule has 4 nitrogen and oxygen atoms in total. The third-order valence-corrected chi connectivity index (χ3v) is 3.71. The van der Waals surface area contributed by atoms with Crippen molar-refractivity contribution in [3.63, 3.8) is 0 Å². The molecule has 142 valence electrons. The predicted molar refractivity (Wildman–Crippen MR) is 110 cm³/mol. The highest BCUT2D eigenvalue weighted by Crippen LogP contribution is 2.13. The van der Waals surface area contributed by atoms with E-state index in [1.807, 2.05) is 0 Å². The number of ether oxygens (including phenoxy) is 2. The molecule has 0 atom stereocenters. The van der Waals surface area contributed by atoms with Gasteiger partial charge in [-0.25, -0.2) is 0 Å². The smallest absolute Gasteiger partial charge is 0.286 e. The summed E-state index contributed by atoms with van der Waals surface area (Å²) in [6.07, 6.45) is 4.87. The van der Waals surface area contributed by atoms with Crippen LogP contribution in [0, 0.1) is 23.0 Å². The summed E-state index contributed by atoms with van der Waals surface area (Å²) in [5.41, 5.74) is 5.47. The van der Waals surface area contributed by atoms with Crippen molar-refractivity contribution in [1.82, 2.24) is 0 Å². The predicted octanol–water partition coefficient (Wildman–Crippen LogP) is 5.10. The average Bonchev–Trinajstić information content (AvgIpc) is 2.77. The summed E-state index contributed by atoms with van der Waals surface area (Å²) < 4.78 is 7.69. The maximum atomic E-state index is 7.40. The Labute approximate surface area is 167 Å². The topological polar surface area (TPSA) is 66.0 Å². The molecule has 0 amide bonds. The van der Waals surface area contributed by atoms with Crippen molar-refractivity contribution in [3.8, 4) is 12.5 Å². The molecule has 0 bridgehead atoms. The van der Waals surface area contributed by atoms with Crippen molar-refractivity contribution in [2.24, 2.45) is 0 Å². The fourth-order valence-electron chi connectivity index (χ4n) is 2.44. The van der Waals surface area contributed by atoms with Crippen molar-refractivity contribution in [2.75, 3.05) is 14.2 Å². The van der Waals surface area contributed by atoms with Gasteiger partial charge in [0.25, 0.3) is 12.5 Å². The van der Waals surface area contributed by atoms with Crippen LogP contribution in [-0.2, 0) is 22.3 Å². The maximum absolute atomic E-state index is 7.40. The van der Waals surface area contributed by atoms with E-state index in [4.69, 9.17) is 10.5 Å². The normalized spacial score (nSPS) is 8.57. The van der Waals surface area contributed by atoms with Crippen molar-refractivity contribution in [1.29, 1.82) is 10.5 Å². The first-order valence-electron chi connectivity index (χ1n) is 8.73. The highest BCUT2D eigenvalue weighted by Gasteiger charge is 1.98. The maximum Gasteiger partial charge on any atom is 0.286 e. The Bertz CT molecular complexity index is 775. The van der Waals surface area contributed by atoms with Crippen LogP contribution in [0.4, 0.5) is 0 Å². The largest absolute Gasteiger partial charge is 0.431 e. The molecule has 0 aliphatic carbocycles. The van der Waals surface area contributed by atoms with Gasteiger partial charge in [-0.3, -0.25) is 0 Å². The van der Waals surface area contributed by atoms with Crippen molar-refractivity contribution >= 4 is 0 Å². The second kappa shape index (κ2) is 14.4. The van der Waals surface area contributed by atoms with Crippen LogP contribution in [0.3, 0.4) is 0 Å². The summed E-state index contributed by atoms with van der Waals surface area (Å²) in [5.74, 6) is 0. The Morgan fingerprint density at radius 2 is 0.786 bits per heavy atom. The zero-order valence-electron chi connectivity index (χ0n) is 16.2. The van der Waals surface area contributed by atoms with Gasteiger partial charge in [-0.05, 0) is 35.1 Å². The van der Waals surface area contributed by atoms with E-state index in [2.05, 4.69) is 94.4 Å². The molecule has 3 rings (SSSR count). The molecule has 0 aromatic heterocycles. The zero-order valence-corrected chi connectivity index (χ0v) is 16.2. The minimum absolute atomic E-state index is 1.01. The molecule has 3 aromatic carbocycles. The molecule has 0 aliphatic rings. The second-order valence-electron chi connectivity index (χ2n) is 5.73. The number of hydrogen-bond acceptors (Lipinski definition) is 4. The van der Waals surface area contributed by atoms with E-state index in [9.17, 15) is 0 Å². The van der Waals surface area contributed by atoms with Gasteiger partial charge in [-0.15, -0.1) is 0 Å².